The van der Waals surface area contributed by atoms with Crippen molar-refractivity contribution in [2.45, 2.75) is 17.4 Å². The summed E-state index contributed by atoms with van der Waals surface area (Å²) in [7, 11) is 0. The summed E-state index contributed by atoms with van der Waals surface area (Å²) in [5.74, 6) is 0.474. The first-order valence-electron chi connectivity index (χ1n) is 2.22. The summed E-state index contributed by atoms with van der Waals surface area (Å²) < 4.78 is -1.59. The van der Waals surface area contributed by atoms with Crippen molar-refractivity contribution in [2.75, 3.05) is 5.88 Å². The molecule has 0 saturated carbocycles. The van der Waals surface area contributed by atoms with Gasteiger partial charge in [0.2, 0.25) is 4.52 Å². The molecule has 1 N–H and O–H groups in total. The molecule has 0 aromatic rings. The van der Waals surface area contributed by atoms with Crippen LogP contribution < -0.4 is 0 Å². The molecule has 1 nitrogen and oxygen atoms in total. The highest BCUT2D eigenvalue weighted by molar-refractivity contribution is 6.46. The van der Waals surface area contributed by atoms with Gasteiger partial charge in [-0.25, -0.2) is 0 Å². The normalized spacial score (nSPS) is 12.0. The average Bonchev–Trinajstić information content (AvgIpc) is 1.59. The molecule has 4 heteroatoms. The minimum atomic E-state index is -1.59. The van der Waals surface area contributed by atoms with Gasteiger partial charge < -0.3 is 5.11 Å². The van der Waals surface area contributed by atoms with E-state index in [1.165, 1.54) is 0 Å². The van der Waals surface area contributed by atoms with Crippen LogP contribution in [0.5, 0.6) is 0 Å². The molecular formula is C4H7Cl3O. The Kier molecular flexibility index (Phi) is 4.17. The smallest absolute Gasteiger partial charge is 0.214 e. The number of rotatable bonds is 3. The Labute approximate surface area is 63.5 Å². The zero-order chi connectivity index (χ0) is 6.62. The van der Waals surface area contributed by atoms with Crippen molar-refractivity contribution in [3.05, 3.63) is 0 Å². The molecule has 0 aliphatic carbocycles. The molecule has 0 aliphatic heterocycles. The Morgan fingerprint density at radius 2 is 1.88 bits per heavy atom. The molecule has 0 heterocycles. The topological polar surface area (TPSA) is 20.2 Å². The second kappa shape index (κ2) is 3.78. The Morgan fingerprint density at radius 1 is 1.38 bits per heavy atom. The van der Waals surface area contributed by atoms with Crippen molar-refractivity contribution < 1.29 is 5.11 Å². The Bertz CT molecular complexity index is 58.8. The minimum absolute atomic E-state index is 0.319. The highest BCUT2D eigenvalue weighted by Gasteiger charge is 2.16. The monoisotopic (exact) mass is 176 g/mol. The molecule has 8 heavy (non-hydrogen) atoms. The third kappa shape index (κ3) is 6.83. The van der Waals surface area contributed by atoms with E-state index in [1.807, 2.05) is 0 Å². The molecule has 0 aliphatic rings. The second-order valence-corrected chi connectivity index (χ2v) is 3.28. The van der Waals surface area contributed by atoms with Crippen LogP contribution in [0.25, 0.3) is 0 Å². The van der Waals surface area contributed by atoms with E-state index in [9.17, 15) is 0 Å². The molecule has 0 spiro atoms. The predicted octanol–water partition coefficient (Wildman–Crippen LogP) is 2.13. The van der Waals surface area contributed by atoms with E-state index in [0.29, 0.717) is 18.7 Å². The fraction of sp³-hybridized carbons (Fsp3) is 1.00. The summed E-state index contributed by atoms with van der Waals surface area (Å²) in [5.41, 5.74) is 0. The van der Waals surface area contributed by atoms with Crippen LogP contribution in [0.15, 0.2) is 0 Å². The lowest BCUT2D eigenvalue weighted by Gasteiger charge is -2.08. The molecule has 50 valence electrons. The van der Waals surface area contributed by atoms with Crippen LogP contribution in [0.4, 0.5) is 0 Å². The zero-order valence-corrected chi connectivity index (χ0v) is 6.47. The largest absolute Gasteiger partial charge is 0.363 e. The second-order valence-electron chi connectivity index (χ2n) is 1.46. The first-order valence-corrected chi connectivity index (χ1v) is 3.51. The molecule has 0 fully saturated rings. The van der Waals surface area contributed by atoms with Crippen molar-refractivity contribution in [3.8, 4) is 0 Å². The quantitative estimate of drug-likeness (QED) is 0.655. The van der Waals surface area contributed by atoms with Gasteiger partial charge in [0.15, 0.2) is 0 Å². The lowest BCUT2D eigenvalue weighted by atomic mass is 10.3. The summed E-state index contributed by atoms with van der Waals surface area (Å²) >= 11 is 15.6. The van der Waals surface area contributed by atoms with Crippen molar-refractivity contribution >= 4 is 34.8 Å². The van der Waals surface area contributed by atoms with E-state index in [1.54, 1.807) is 0 Å². The van der Waals surface area contributed by atoms with Crippen LogP contribution >= 0.6 is 34.8 Å². The standard InChI is InChI=1S/C4H7Cl3O/c5-3-1-2-4(6,7)8/h8H,1-3H2. The van der Waals surface area contributed by atoms with Crippen molar-refractivity contribution in [2.24, 2.45) is 0 Å². The van der Waals surface area contributed by atoms with Crippen LogP contribution in [-0.2, 0) is 0 Å². The number of alkyl halides is 3. The van der Waals surface area contributed by atoms with Gasteiger partial charge in [-0.3, -0.25) is 0 Å². The van der Waals surface area contributed by atoms with E-state index < -0.39 is 4.52 Å². The predicted molar refractivity (Wildman–Crippen MR) is 36.6 cm³/mol. The molecule has 0 aromatic heterocycles. The van der Waals surface area contributed by atoms with Gasteiger partial charge in [0.05, 0.1) is 0 Å². The third-order valence-electron chi connectivity index (χ3n) is 0.611. The molecule has 0 unspecified atom stereocenters. The number of halogens is 3. The molecule has 0 aromatic carbocycles. The lowest BCUT2D eigenvalue weighted by Crippen LogP contribution is -2.10. The van der Waals surface area contributed by atoms with Crippen LogP contribution in [0.1, 0.15) is 12.8 Å². The lowest BCUT2D eigenvalue weighted by molar-refractivity contribution is 0.203. The fourth-order valence-electron chi connectivity index (χ4n) is 0.280. The SMILES string of the molecule is OC(Cl)(Cl)CCCCl. The van der Waals surface area contributed by atoms with Crippen LogP contribution in [-0.4, -0.2) is 15.5 Å². The van der Waals surface area contributed by atoms with Crippen LogP contribution in [0, 0.1) is 0 Å². The van der Waals surface area contributed by atoms with Gasteiger partial charge in [0, 0.05) is 12.3 Å². The van der Waals surface area contributed by atoms with Crippen molar-refractivity contribution in [1.82, 2.24) is 0 Å². The van der Waals surface area contributed by atoms with Gasteiger partial charge in [-0.2, -0.15) is 0 Å². The Hall–Kier alpha value is 0.830. The summed E-state index contributed by atoms with van der Waals surface area (Å²) in [4.78, 5) is 0. The average molecular weight is 177 g/mol. The number of hydrogen-bond donors (Lipinski definition) is 1. The summed E-state index contributed by atoms with van der Waals surface area (Å²) in [6.45, 7) is 0. The molecule has 0 rings (SSSR count). The molecule has 0 radical (unpaired) electrons. The van der Waals surface area contributed by atoms with E-state index in [2.05, 4.69) is 0 Å². The van der Waals surface area contributed by atoms with E-state index in [0.717, 1.165) is 0 Å². The minimum Gasteiger partial charge on any atom is -0.363 e. The molecule has 0 amide bonds. The summed E-state index contributed by atoms with van der Waals surface area (Å²) in [6, 6.07) is 0. The maximum atomic E-state index is 8.62. The Balaban J connectivity index is 3.11. The Morgan fingerprint density at radius 3 is 2.00 bits per heavy atom. The highest BCUT2D eigenvalue weighted by atomic mass is 35.5. The van der Waals surface area contributed by atoms with Gasteiger partial charge in [-0.1, -0.05) is 23.2 Å². The van der Waals surface area contributed by atoms with Gasteiger partial charge >= 0.3 is 0 Å². The van der Waals surface area contributed by atoms with Gasteiger partial charge in [0.25, 0.3) is 0 Å². The summed E-state index contributed by atoms with van der Waals surface area (Å²) in [5, 5.41) is 8.62. The first-order chi connectivity index (χ1) is 3.56. The van der Waals surface area contributed by atoms with Crippen molar-refractivity contribution in [1.29, 1.82) is 0 Å². The maximum absolute atomic E-state index is 8.62. The fourth-order valence-corrected chi connectivity index (χ4v) is 0.680. The van der Waals surface area contributed by atoms with E-state index in [4.69, 9.17) is 39.9 Å². The van der Waals surface area contributed by atoms with Crippen molar-refractivity contribution in [3.63, 3.8) is 0 Å². The maximum Gasteiger partial charge on any atom is 0.214 e. The molecule has 0 saturated heterocycles. The van der Waals surface area contributed by atoms with E-state index in [-0.39, 0.29) is 0 Å². The third-order valence-corrected chi connectivity index (χ3v) is 1.26. The van der Waals surface area contributed by atoms with Crippen LogP contribution in [0.3, 0.4) is 0 Å². The highest BCUT2D eigenvalue weighted by Crippen LogP contribution is 2.22. The molecule has 0 atom stereocenters. The number of aliphatic hydroxyl groups is 1. The van der Waals surface area contributed by atoms with Gasteiger partial charge in [0.1, 0.15) is 0 Å². The molecule has 0 bridgehead atoms. The van der Waals surface area contributed by atoms with Gasteiger partial charge in [-0.15, -0.1) is 11.6 Å². The zero-order valence-electron chi connectivity index (χ0n) is 4.20. The van der Waals surface area contributed by atoms with Gasteiger partial charge in [-0.05, 0) is 6.42 Å². The van der Waals surface area contributed by atoms with E-state index >= 15 is 0 Å². The number of hydrogen-bond acceptors (Lipinski definition) is 1. The van der Waals surface area contributed by atoms with Crippen LogP contribution in [0.2, 0.25) is 0 Å². The molecular weight excluding hydrogens is 170 g/mol. The summed E-state index contributed by atoms with van der Waals surface area (Å²) in [6.07, 6.45) is 0.949. The first kappa shape index (κ1) is 8.83.